The molecular formula is C21H19ClN2O4S. The van der Waals surface area contributed by atoms with Gasteiger partial charge in [0, 0.05) is 29.5 Å². The molecule has 0 aliphatic carbocycles. The molecular weight excluding hydrogens is 412 g/mol. The molecule has 1 N–H and O–H groups in total. The molecule has 6 nitrogen and oxygen atoms in total. The molecule has 1 aromatic heterocycles. The standard InChI is InChI=1S/C21H19ClN2O4S/c1-28-18-8-10-19(11-9-18)29(26,27)20(16-3-2-12-23-13-16)14-24-21(25)15-4-6-17(22)7-5-15/h2-13,20H,14H2,1H3,(H,24,25). The van der Waals surface area contributed by atoms with Crippen molar-refractivity contribution in [1.82, 2.24) is 10.3 Å². The number of aromatic nitrogens is 1. The van der Waals surface area contributed by atoms with E-state index in [1.807, 2.05) is 0 Å². The zero-order valence-electron chi connectivity index (χ0n) is 15.6. The highest BCUT2D eigenvalue weighted by Crippen LogP contribution is 2.29. The Morgan fingerprint density at radius 3 is 2.38 bits per heavy atom. The van der Waals surface area contributed by atoms with Crippen molar-refractivity contribution < 1.29 is 17.9 Å². The molecule has 3 aromatic rings. The minimum atomic E-state index is -3.80. The van der Waals surface area contributed by atoms with Gasteiger partial charge >= 0.3 is 0 Å². The van der Waals surface area contributed by atoms with Gasteiger partial charge in [-0.15, -0.1) is 0 Å². The van der Waals surface area contributed by atoms with Gasteiger partial charge in [0.05, 0.1) is 12.0 Å². The van der Waals surface area contributed by atoms with Gasteiger partial charge in [-0.3, -0.25) is 9.78 Å². The molecule has 150 valence electrons. The molecule has 0 radical (unpaired) electrons. The Morgan fingerprint density at radius 1 is 1.10 bits per heavy atom. The van der Waals surface area contributed by atoms with Crippen LogP contribution in [0.15, 0.2) is 78.0 Å². The number of nitrogens with zero attached hydrogens (tertiary/aromatic N) is 1. The number of benzene rings is 2. The van der Waals surface area contributed by atoms with Crippen molar-refractivity contribution in [2.24, 2.45) is 0 Å². The Hall–Kier alpha value is -2.90. The molecule has 0 aliphatic heterocycles. The van der Waals surface area contributed by atoms with Crippen LogP contribution >= 0.6 is 11.6 Å². The third kappa shape index (κ3) is 4.93. The summed E-state index contributed by atoms with van der Waals surface area (Å²) >= 11 is 5.85. The lowest BCUT2D eigenvalue weighted by Gasteiger charge is -2.19. The van der Waals surface area contributed by atoms with Crippen molar-refractivity contribution >= 4 is 27.3 Å². The summed E-state index contributed by atoms with van der Waals surface area (Å²) in [4.78, 5) is 16.6. The highest BCUT2D eigenvalue weighted by atomic mass is 35.5. The number of hydrogen-bond donors (Lipinski definition) is 1. The van der Waals surface area contributed by atoms with Crippen LogP contribution in [-0.2, 0) is 9.84 Å². The Labute approximate surface area is 174 Å². The predicted molar refractivity (Wildman–Crippen MR) is 111 cm³/mol. The first kappa shape index (κ1) is 20.8. The second kappa shape index (κ2) is 9.07. The van der Waals surface area contributed by atoms with E-state index >= 15 is 0 Å². The highest BCUT2D eigenvalue weighted by molar-refractivity contribution is 7.91. The van der Waals surface area contributed by atoms with Crippen LogP contribution in [0.4, 0.5) is 0 Å². The molecule has 0 fully saturated rings. The maximum Gasteiger partial charge on any atom is 0.251 e. The number of carbonyl (C=O) groups is 1. The van der Waals surface area contributed by atoms with Gasteiger partial charge in [-0.25, -0.2) is 8.42 Å². The monoisotopic (exact) mass is 430 g/mol. The summed E-state index contributed by atoms with van der Waals surface area (Å²) in [6.45, 7) is -0.110. The first-order chi connectivity index (χ1) is 13.9. The van der Waals surface area contributed by atoms with Gasteiger partial charge in [-0.05, 0) is 60.2 Å². The van der Waals surface area contributed by atoms with Crippen molar-refractivity contribution in [1.29, 1.82) is 0 Å². The minimum Gasteiger partial charge on any atom is -0.497 e. The zero-order valence-corrected chi connectivity index (χ0v) is 17.2. The summed E-state index contributed by atoms with van der Waals surface area (Å²) in [6.07, 6.45) is 3.05. The van der Waals surface area contributed by atoms with Gasteiger partial charge in [-0.1, -0.05) is 17.7 Å². The van der Waals surface area contributed by atoms with Gasteiger partial charge in [0.15, 0.2) is 9.84 Å². The summed E-state index contributed by atoms with van der Waals surface area (Å²) in [5.74, 6) is 0.165. The molecule has 29 heavy (non-hydrogen) atoms. The fraction of sp³-hybridized carbons (Fsp3) is 0.143. The van der Waals surface area contributed by atoms with E-state index < -0.39 is 15.1 Å². The average molecular weight is 431 g/mol. The quantitative estimate of drug-likeness (QED) is 0.617. The number of sulfone groups is 1. The van der Waals surface area contributed by atoms with Crippen LogP contribution in [0.2, 0.25) is 5.02 Å². The molecule has 0 aliphatic rings. The number of halogens is 1. The number of nitrogens with one attached hydrogen (secondary N) is 1. The molecule has 8 heteroatoms. The maximum atomic E-state index is 13.3. The molecule has 0 saturated carbocycles. The van der Waals surface area contributed by atoms with Gasteiger partial charge < -0.3 is 10.1 Å². The van der Waals surface area contributed by atoms with E-state index in [-0.39, 0.29) is 17.3 Å². The normalized spacial score (nSPS) is 12.2. The number of pyridine rings is 1. The minimum absolute atomic E-state index is 0.110. The van der Waals surface area contributed by atoms with E-state index in [2.05, 4.69) is 10.3 Å². The lowest BCUT2D eigenvalue weighted by Crippen LogP contribution is -2.32. The first-order valence-corrected chi connectivity index (χ1v) is 10.7. The molecule has 1 amide bonds. The summed E-state index contributed by atoms with van der Waals surface area (Å²) in [5.41, 5.74) is 0.876. The van der Waals surface area contributed by atoms with Gasteiger partial charge in [0.25, 0.3) is 5.91 Å². The molecule has 1 heterocycles. The molecule has 1 unspecified atom stereocenters. The number of methoxy groups -OCH3 is 1. The van der Waals surface area contributed by atoms with Crippen LogP contribution in [0.5, 0.6) is 5.75 Å². The third-order valence-electron chi connectivity index (χ3n) is 4.37. The van der Waals surface area contributed by atoms with Crippen LogP contribution < -0.4 is 10.1 Å². The molecule has 3 rings (SSSR count). The molecule has 2 aromatic carbocycles. The summed E-state index contributed by atoms with van der Waals surface area (Å²) in [6, 6.07) is 15.8. The smallest absolute Gasteiger partial charge is 0.251 e. The second-order valence-electron chi connectivity index (χ2n) is 6.21. The number of hydrogen-bond acceptors (Lipinski definition) is 5. The van der Waals surface area contributed by atoms with Crippen LogP contribution in [0, 0.1) is 0 Å². The van der Waals surface area contributed by atoms with E-state index in [4.69, 9.17) is 16.3 Å². The van der Waals surface area contributed by atoms with Gasteiger partial charge in [-0.2, -0.15) is 0 Å². The van der Waals surface area contributed by atoms with E-state index in [0.29, 0.717) is 21.9 Å². The fourth-order valence-electron chi connectivity index (χ4n) is 2.79. The van der Waals surface area contributed by atoms with E-state index in [1.54, 1.807) is 54.7 Å². The van der Waals surface area contributed by atoms with Crippen molar-refractivity contribution in [2.75, 3.05) is 13.7 Å². The van der Waals surface area contributed by atoms with Crippen molar-refractivity contribution in [3.8, 4) is 5.75 Å². The number of amides is 1. The van der Waals surface area contributed by atoms with Gasteiger partial charge in [0.2, 0.25) is 0 Å². The maximum absolute atomic E-state index is 13.3. The number of carbonyl (C=O) groups excluding carboxylic acids is 1. The Kier molecular flexibility index (Phi) is 6.51. The lowest BCUT2D eigenvalue weighted by molar-refractivity contribution is 0.0953. The van der Waals surface area contributed by atoms with Crippen LogP contribution in [0.25, 0.3) is 0 Å². The largest absolute Gasteiger partial charge is 0.497 e. The topological polar surface area (TPSA) is 85.4 Å². The van der Waals surface area contributed by atoms with Crippen LogP contribution in [-0.4, -0.2) is 33.0 Å². The van der Waals surface area contributed by atoms with E-state index in [1.165, 1.54) is 25.4 Å². The molecule has 1 atom stereocenters. The van der Waals surface area contributed by atoms with Gasteiger partial charge in [0.1, 0.15) is 11.0 Å². The molecule has 0 bridgehead atoms. The lowest BCUT2D eigenvalue weighted by atomic mass is 10.2. The summed E-state index contributed by atoms with van der Waals surface area (Å²) in [5, 5.41) is 2.21. The zero-order chi connectivity index (χ0) is 20.9. The SMILES string of the molecule is COc1ccc(S(=O)(=O)C(CNC(=O)c2ccc(Cl)cc2)c2cccnc2)cc1. The van der Waals surface area contributed by atoms with Crippen molar-refractivity contribution in [2.45, 2.75) is 10.1 Å². The van der Waals surface area contributed by atoms with Crippen LogP contribution in [0.3, 0.4) is 0 Å². The third-order valence-corrected chi connectivity index (χ3v) is 6.74. The van der Waals surface area contributed by atoms with Crippen molar-refractivity contribution in [3.05, 3.63) is 89.2 Å². The first-order valence-electron chi connectivity index (χ1n) is 8.73. The van der Waals surface area contributed by atoms with E-state index in [0.717, 1.165) is 0 Å². The summed E-state index contributed by atoms with van der Waals surface area (Å²) < 4.78 is 31.7. The second-order valence-corrected chi connectivity index (χ2v) is 8.78. The Morgan fingerprint density at radius 2 is 1.79 bits per heavy atom. The predicted octanol–water partition coefficient (Wildman–Crippen LogP) is 3.69. The van der Waals surface area contributed by atoms with E-state index in [9.17, 15) is 13.2 Å². The molecule has 0 spiro atoms. The molecule has 0 saturated heterocycles. The van der Waals surface area contributed by atoms with Crippen LogP contribution in [0.1, 0.15) is 21.2 Å². The Balaban J connectivity index is 1.88. The number of rotatable bonds is 7. The van der Waals surface area contributed by atoms with Crippen molar-refractivity contribution in [3.63, 3.8) is 0 Å². The fourth-order valence-corrected chi connectivity index (χ4v) is 4.56. The number of ether oxygens (including phenoxy) is 1. The highest BCUT2D eigenvalue weighted by Gasteiger charge is 2.30. The summed E-state index contributed by atoms with van der Waals surface area (Å²) in [7, 11) is -2.29. The average Bonchev–Trinajstić information content (AvgIpc) is 2.75. The Bertz CT molecular complexity index is 1070.